The molecule has 1 aliphatic heterocycles. The fraction of sp³-hybridized carbons (Fsp3) is 0.571. The number of aliphatic hydroxyl groups is 2. The largest absolute Gasteiger partial charge is 0.396 e. The van der Waals surface area contributed by atoms with Crippen molar-refractivity contribution in [1.82, 2.24) is 4.90 Å². The fourth-order valence-electron chi connectivity index (χ4n) is 2.37. The second kappa shape index (κ2) is 6.91. The van der Waals surface area contributed by atoms with E-state index in [1.165, 1.54) is 11.3 Å². The highest BCUT2D eigenvalue weighted by Gasteiger charge is 2.22. The van der Waals surface area contributed by atoms with Crippen molar-refractivity contribution < 1.29 is 10.2 Å². The van der Waals surface area contributed by atoms with Gasteiger partial charge in [0, 0.05) is 35.5 Å². The predicted molar refractivity (Wildman–Crippen MR) is 73.4 cm³/mol. The summed E-state index contributed by atoms with van der Waals surface area (Å²) in [5, 5.41) is 19.6. The molecular formula is C14H19NO2S. The quantitative estimate of drug-likeness (QED) is 0.807. The van der Waals surface area contributed by atoms with Gasteiger partial charge in [-0.05, 0) is 31.4 Å². The Balaban J connectivity index is 1.85. The molecule has 1 aromatic heterocycles. The molecule has 18 heavy (non-hydrogen) atoms. The maximum absolute atomic E-state index is 8.94. The molecule has 1 unspecified atom stereocenters. The Hall–Kier alpha value is -0.860. The van der Waals surface area contributed by atoms with Gasteiger partial charge in [0.05, 0.1) is 0 Å². The van der Waals surface area contributed by atoms with Gasteiger partial charge < -0.3 is 10.2 Å². The van der Waals surface area contributed by atoms with E-state index in [1.807, 2.05) is 5.38 Å². The van der Waals surface area contributed by atoms with Crippen molar-refractivity contribution in [2.75, 3.05) is 26.3 Å². The molecule has 1 fully saturated rings. The summed E-state index contributed by atoms with van der Waals surface area (Å²) in [6.07, 6.45) is 2.12. The van der Waals surface area contributed by atoms with Crippen molar-refractivity contribution in [2.45, 2.75) is 19.4 Å². The first kappa shape index (κ1) is 13.6. The molecule has 2 N–H and O–H groups in total. The topological polar surface area (TPSA) is 43.7 Å². The van der Waals surface area contributed by atoms with Crippen LogP contribution in [0, 0.1) is 17.8 Å². The van der Waals surface area contributed by atoms with Gasteiger partial charge in [0.15, 0.2) is 0 Å². The van der Waals surface area contributed by atoms with Crippen LogP contribution < -0.4 is 0 Å². The van der Waals surface area contributed by atoms with Gasteiger partial charge in [-0.15, -0.1) is 11.3 Å². The highest BCUT2D eigenvalue weighted by atomic mass is 32.1. The smallest absolute Gasteiger partial charge is 0.104 e. The van der Waals surface area contributed by atoms with Gasteiger partial charge in [-0.25, -0.2) is 0 Å². The zero-order valence-electron chi connectivity index (χ0n) is 10.4. The van der Waals surface area contributed by atoms with Crippen molar-refractivity contribution >= 4 is 11.3 Å². The predicted octanol–water partition coefficient (Wildman–Crippen LogP) is 1.30. The molecule has 0 bridgehead atoms. The molecule has 1 aromatic rings. The van der Waals surface area contributed by atoms with Crippen molar-refractivity contribution in [1.29, 1.82) is 0 Å². The van der Waals surface area contributed by atoms with Gasteiger partial charge in [-0.1, -0.05) is 11.8 Å². The molecule has 0 amide bonds. The van der Waals surface area contributed by atoms with E-state index < -0.39 is 0 Å². The summed E-state index contributed by atoms with van der Waals surface area (Å²) in [5.41, 5.74) is 0.996. The summed E-state index contributed by atoms with van der Waals surface area (Å²) in [6.45, 7) is 3.42. The number of hydrogen-bond acceptors (Lipinski definition) is 4. The van der Waals surface area contributed by atoms with Crippen molar-refractivity contribution in [2.24, 2.45) is 5.92 Å². The Labute approximate surface area is 112 Å². The van der Waals surface area contributed by atoms with E-state index in [0.717, 1.165) is 31.6 Å². The fourth-order valence-corrected chi connectivity index (χ4v) is 3.22. The van der Waals surface area contributed by atoms with E-state index in [0.29, 0.717) is 12.5 Å². The van der Waals surface area contributed by atoms with Crippen molar-refractivity contribution in [3.63, 3.8) is 0 Å². The van der Waals surface area contributed by atoms with Crippen LogP contribution in [0.4, 0.5) is 0 Å². The van der Waals surface area contributed by atoms with Crippen LogP contribution in [0.1, 0.15) is 23.3 Å². The van der Waals surface area contributed by atoms with E-state index in [1.54, 1.807) is 11.3 Å². The Kier molecular flexibility index (Phi) is 5.21. The molecule has 3 nitrogen and oxygen atoms in total. The van der Waals surface area contributed by atoms with Gasteiger partial charge in [0.25, 0.3) is 0 Å². The van der Waals surface area contributed by atoms with Gasteiger partial charge >= 0.3 is 0 Å². The Morgan fingerprint density at radius 3 is 3.11 bits per heavy atom. The first-order valence-corrected chi connectivity index (χ1v) is 7.20. The molecule has 98 valence electrons. The maximum atomic E-state index is 8.94. The lowest BCUT2D eigenvalue weighted by atomic mass is 10.1. The first-order chi connectivity index (χ1) is 8.81. The third kappa shape index (κ3) is 3.82. The number of rotatable bonds is 4. The van der Waals surface area contributed by atoms with Gasteiger partial charge in [-0.3, -0.25) is 4.90 Å². The van der Waals surface area contributed by atoms with Gasteiger partial charge in [0.2, 0.25) is 0 Å². The molecule has 0 radical (unpaired) electrons. The van der Waals surface area contributed by atoms with Crippen LogP contribution in [-0.2, 0) is 6.54 Å². The summed E-state index contributed by atoms with van der Waals surface area (Å²) >= 11 is 1.73. The van der Waals surface area contributed by atoms with Crippen molar-refractivity contribution in [3.05, 3.63) is 21.9 Å². The minimum atomic E-state index is -0.0832. The number of aliphatic hydroxyl groups excluding tert-OH is 2. The SMILES string of the molecule is OCC#Cc1csc(CN2CCC(CCO)C2)c1. The summed E-state index contributed by atoms with van der Waals surface area (Å²) in [6, 6.07) is 2.10. The minimum Gasteiger partial charge on any atom is -0.396 e. The van der Waals surface area contributed by atoms with Crippen LogP contribution in [0.5, 0.6) is 0 Å². The Bertz CT molecular complexity index is 432. The Morgan fingerprint density at radius 1 is 1.44 bits per heavy atom. The molecule has 0 aromatic carbocycles. The summed E-state index contributed by atoms with van der Waals surface area (Å²) in [7, 11) is 0. The number of hydrogen-bond donors (Lipinski definition) is 2. The third-order valence-corrected chi connectivity index (χ3v) is 4.17. The number of likely N-dealkylation sites (tertiary alicyclic amines) is 1. The van der Waals surface area contributed by atoms with E-state index in [2.05, 4.69) is 22.8 Å². The minimum absolute atomic E-state index is 0.0832. The zero-order chi connectivity index (χ0) is 12.8. The average molecular weight is 265 g/mol. The molecule has 2 rings (SSSR count). The lowest BCUT2D eigenvalue weighted by Gasteiger charge is -2.14. The van der Waals surface area contributed by atoms with Crippen LogP contribution in [0.2, 0.25) is 0 Å². The molecule has 0 spiro atoms. The van der Waals surface area contributed by atoms with Gasteiger partial charge in [0.1, 0.15) is 6.61 Å². The van der Waals surface area contributed by atoms with Crippen LogP contribution in [0.15, 0.2) is 11.4 Å². The molecule has 1 atom stereocenters. The van der Waals surface area contributed by atoms with Crippen LogP contribution in [0.3, 0.4) is 0 Å². The number of thiophene rings is 1. The lowest BCUT2D eigenvalue weighted by molar-refractivity contribution is 0.250. The third-order valence-electron chi connectivity index (χ3n) is 3.25. The molecule has 4 heteroatoms. The number of nitrogens with zero attached hydrogens (tertiary/aromatic N) is 1. The van der Waals surface area contributed by atoms with E-state index in [-0.39, 0.29) is 6.61 Å². The van der Waals surface area contributed by atoms with E-state index in [4.69, 9.17) is 10.2 Å². The molecule has 2 heterocycles. The van der Waals surface area contributed by atoms with E-state index >= 15 is 0 Å². The molecule has 1 aliphatic rings. The molecule has 1 saturated heterocycles. The molecule has 0 aliphatic carbocycles. The summed E-state index contributed by atoms with van der Waals surface area (Å²) in [5.74, 6) is 6.25. The highest BCUT2D eigenvalue weighted by Crippen LogP contribution is 2.23. The highest BCUT2D eigenvalue weighted by molar-refractivity contribution is 7.10. The average Bonchev–Trinajstić information content (AvgIpc) is 2.98. The monoisotopic (exact) mass is 265 g/mol. The second-order valence-corrected chi connectivity index (χ2v) is 5.66. The Morgan fingerprint density at radius 2 is 2.33 bits per heavy atom. The summed E-state index contributed by atoms with van der Waals surface area (Å²) < 4.78 is 0. The van der Waals surface area contributed by atoms with Crippen LogP contribution in [0.25, 0.3) is 0 Å². The lowest BCUT2D eigenvalue weighted by Crippen LogP contribution is -2.19. The summed E-state index contributed by atoms with van der Waals surface area (Å²) in [4.78, 5) is 3.76. The zero-order valence-corrected chi connectivity index (χ0v) is 11.2. The standard InChI is InChI=1S/C14H19NO2S/c16-6-1-2-13-8-14(18-11-13)10-15-5-3-12(9-15)4-7-17/h8,11-12,16-17H,3-7,9-10H2. The first-order valence-electron chi connectivity index (χ1n) is 6.32. The van der Waals surface area contributed by atoms with E-state index in [9.17, 15) is 0 Å². The van der Waals surface area contributed by atoms with Gasteiger partial charge in [-0.2, -0.15) is 0 Å². The molecule has 0 saturated carbocycles. The normalized spacial score (nSPS) is 19.8. The van der Waals surface area contributed by atoms with Crippen LogP contribution in [-0.4, -0.2) is 41.4 Å². The maximum Gasteiger partial charge on any atom is 0.104 e. The second-order valence-electron chi connectivity index (χ2n) is 4.66. The molecular weight excluding hydrogens is 246 g/mol. The van der Waals surface area contributed by atoms with Crippen molar-refractivity contribution in [3.8, 4) is 11.8 Å². The van der Waals surface area contributed by atoms with Crippen LogP contribution >= 0.6 is 11.3 Å².